The highest BCUT2D eigenvalue weighted by molar-refractivity contribution is 5.83. The van der Waals surface area contributed by atoms with Gasteiger partial charge in [0.1, 0.15) is 25.4 Å². The molecule has 1 aliphatic heterocycles. The molecule has 0 radical (unpaired) electrons. The first-order valence-corrected chi connectivity index (χ1v) is 9.47. The molecule has 2 bridgehead atoms. The van der Waals surface area contributed by atoms with Gasteiger partial charge < -0.3 is 9.47 Å². The first kappa shape index (κ1) is 18.5. The summed E-state index contributed by atoms with van der Waals surface area (Å²) < 4.78 is 25.1. The van der Waals surface area contributed by atoms with E-state index >= 15 is 0 Å². The van der Waals surface area contributed by atoms with Crippen LogP contribution in [-0.4, -0.2) is 35.2 Å². The maximum atomic E-state index is 14.3. The molecule has 2 aromatic rings. The molecule has 4 atom stereocenters. The van der Waals surface area contributed by atoms with Crippen molar-refractivity contribution in [2.24, 2.45) is 5.92 Å². The predicted octanol–water partition coefficient (Wildman–Crippen LogP) is 3.87. The van der Waals surface area contributed by atoms with Gasteiger partial charge in [0.05, 0.1) is 0 Å². The summed E-state index contributed by atoms with van der Waals surface area (Å²) in [7, 11) is 0. The number of alkyl halides is 1. The van der Waals surface area contributed by atoms with Crippen LogP contribution in [0.5, 0.6) is 0 Å². The van der Waals surface area contributed by atoms with E-state index in [0.717, 1.165) is 11.1 Å². The van der Waals surface area contributed by atoms with Gasteiger partial charge in [-0.2, -0.15) is 0 Å². The highest BCUT2D eigenvalue weighted by Crippen LogP contribution is 2.45. The molecule has 1 heterocycles. The quantitative estimate of drug-likeness (QED) is 0.736. The predicted molar refractivity (Wildman–Crippen MR) is 99.9 cm³/mol. The number of carbonyl (C=O) groups is 2. The van der Waals surface area contributed by atoms with Gasteiger partial charge in [0.15, 0.2) is 0 Å². The second kappa shape index (κ2) is 8.00. The molecule has 0 aromatic heterocycles. The van der Waals surface area contributed by atoms with E-state index in [2.05, 4.69) is 0 Å². The smallest absolute Gasteiger partial charge is 0.411 e. The molecule has 2 aromatic carbocycles. The lowest BCUT2D eigenvalue weighted by molar-refractivity contribution is -0.153. The highest BCUT2D eigenvalue weighted by Gasteiger charge is 2.57. The van der Waals surface area contributed by atoms with Crippen molar-refractivity contribution in [3.63, 3.8) is 0 Å². The number of ether oxygens (including phenoxy) is 2. The molecule has 1 saturated carbocycles. The van der Waals surface area contributed by atoms with E-state index in [-0.39, 0.29) is 25.7 Å². The van der Waals surface area contributed by atoms with E-state index in [0.29, 0.717) is 6.42 Å². The maximum absolute atomic E-state index is 14.3. The van der Waals surface area contributed by atoms with Gasteiger partial charge in [0, 0.05) is 12.0 Å². The zero-order chi connectivity index (χ0) is 19.5. The summed E-state index contributed by atoms with van der Waals surface area (Å²) in [6.45, 7) is 0.204. The Morgan fingerprint density at radius 3 is 2.07 bits per heavy atom. The van der Waals surface area contributed by atoms with Crippen molar-refractivity contribution in [1.29, 1.82) is 0 Å². The molecular formula is C22H22FNO4. The van der Waals surface area contributed by atoms with Crippen LogP contribution in [-0.2, 0) is 27.5 Å². The first-order chi connectivity index (χ1) is 13.6. The lowest BCUT2D eigenvalue weighted by Crippen LogP contribution is -2.52. The summed E-state index contributed by atoms with van der Waals surface area (Å²) in [5.41, 5.74) is 1.70. The number of amides is 1. The fraction of sp³-hybridized carbons (Fsp3) is 0.364. The topological polar surface area (TPSA) is 55.8 Å². The van der Waals surface area contributed by atoms with E-state index in [1.54, 1.807) is 0 Å². The Bertz CT molecular complexity index is 829. The Morgan fingerprint density at radius 1 is 0.893 bits per heavy atom. The molecule has 1 amide bonds. The van der Waals surface area contributed by atoms with E-state index in [4.69, 9.17) is 9.47 Å². The molecule has 1 aliphatic carbocycles. The van der Waals surface area contributed by atoms with Gasteiger partial charge in [-0.25, -0.2) is 14.0 Å². The third-order valence-electron chi connectivity index (χ3n) is 5.49. The van der Waals surface area contributed by atoms with Crippen LogP contribution in [0.2, 0.25) is 0 Å². The van der Waals surface area contributed by atoms with Crippen molar-refractivity contribution in [1.82, 2.24) is 4.90 Å². The third-order valence-corrected chi connectivity index (χ3v) is 5.49. The molecule has 146 valence electrons. The van der Waals surface area contributed by atoms with Crippen LogP contribution in [0, 0.1) is 5.92 Å². The number of nitrogens with zero attached hydrogens (tertiary/aromatic N) is 1. The zero-order valence-corrected chi connectivity index (χ0v) is 15.4. The van der Waals surface area contributed by atoms with Crippen LogP contribution in [0.25, 0.3) is 0 Å². The van der Waals surface area contributed by atoms with E-state index < -0.39 is 30.2 Å². The monoisotopic (exact) mass is 383 g/mol. The van der Waals surface area contributed by atoms with Gasteiger partial charge in [-0.15, -0.1) is 0 Å². The van der Waals surface area contributed by atoms with Crippen LogP contribution in [0.3, 0.4) is 0 Å². The number of esters is 1. The number of fused-ring (bicyclic) bond motifs is 2. The van der Waals surface area contributed by atoms with Gasteiger partial charge >= 0.3 is 12.1 Å². The summed E-state index contributed by atoms with van der Waals surface area (Å²) in [6.07, 6.45) is -0.984. The number of benzene rings is 2. The van der Waals surface area contributed by atoms with E-state index in [9.17, 15) is 14.0 Å². The number of carbonyl (C=O) groups excluding carboxylic acids is 2. The van der Waals surface area contributed by atoms with Gasteiger partial charge in [-0.05, 0) is 24.0 Å². The number of piperidine rings is 1. The summed E-state index contributed by atoms with van der Waals surface area (Å²) in [5.74, 6) is -1.10. The van der Waals surface area contributed by atoms with Gasteiger partial charge in [0.2, 0.25) is 0 Å². The summed E-state index contributed by atoms with van der Waals surface area (Å²) in [4.78, 5) is 26.8. The van der Waals surface area contributed by atoms with Crippen LogP contribution in [0.15, 0.2) is 60.7 Å². The van der Waals surface area contributed by atoms with E-state index in [1.165, 1.54) is 4.90 Å². The fourth-order valence-corrected chi connectivity index (χ4v) is 4.14. The Balaban J connectivity index is 1.42. The SMILES string of the molecule is O=C(OCc1ccccc1)C1C2CC(CC2F)N1C(=O)OCc1ccccc1. The van der Waals surface area contributed by atoms with E-state index in [1.807, 2.05) is 60.7 Å². The molecule has 2 fully saturated rings. The third kappa shape index (κ3) is 3.72. The lowest BCUT2D eigenvalue weighted by atomic mass is 9.97. The van der Waals surface area contributed by atoms with Crippen LogP contribution in [0.1, 0.15) is 24.0 Å². The molecule has 4 rings (SSSR count). The zero-order valence-electron chi connectivity index (χ0n) is 15.4. The molecule has 0 N–H and O–H groups in total. The second-order valence-corrected chi connectivity index (χ2v) is 7.29. The normalized spacial score (nSPS) is 25.5. The van der Waals surface area contributed by atoms with Crippen molar-refractivity contribution < 1.29 is 23.5 Å². The molecule has 2 aliphatic rings. The second-order valence-electron chi connectivity index (χ2n) is 7.29. The van der Waals surface area contributed by atoms with Crippen molar-refractivity contribution in [2.75, 3.05) is 0 Å². The van der Waals surface area contributed by atoms with Crippen LogP contribution >= 0.6 is 0 Å². The molecule has 1 saturated heterocycles. The molecule has 28 heavy (non-hydrogen) atoms. The summed E-state index contributed by atoms with van der Waals surface area (Å²) in [6, 6.07) is 17.3. The average molecular weight is 383 g/mol. The van der Waals surface area contributed by atoms with Gasteiger partial charge in [-0.1, -0.05) is 60.7 Å². The average Bonchev–Trinajstić information content (AvgIpc) is 3.29. The molecule has 5 nitrogen and oxygen atoms in total. The lowest BCUT2D eigenvalue weighted by Gasteiger charge is -2.34. The van der Waals surface area contributed by atoms with Crippen molar-refractivity contribution >= 4 is 12.1 Å². The van der Waals surface area contributed by atoms with Crippen molar-refractivity contribution in [3.05, 3.63) is 71.8 Å². The van der Waals surface area contributed by atoms with Gasteiger partial charge in [-0.3, -0.25) is 4.90 Å². The largest absolute Gasteiger partial charge is 0.459 e. The number of halogens is 1. The molecule has 0 spiro atoms. The summed E-state index contributed by atoms with van der Waals surface area (Å²) in [5, 5.41) is 0. The molecule has 4 unspecified atom stereocenters. The van der Waals surface area contributed by atoms with Crippen LogP contribution < -0.4 is 0 Å². The molecular weight excluding hydrogens is 361 g/mol. The van der Waals surface area contributed by atoms with Crippen LogP contribution in [0.4, 0.5) is 9.18 Å². The van der Waals surface area contributed by atoms with Crippen molar-refractivity contribution in [2.45, 2.75) is 44.3 Å². The minimum atomic E-state index is -1.10. The fourth-order valence-electron chi connectivity index (χ4n) is 4.14. The Morgan fingerprint density at radius 2 is 1.46 bits per heavy atom. The number of hydrogen-bond acceptors (Lipinski definition) is 4. The van der Waals surface area contributed by atoms with Crippen molar-refractivity contribution in [3.8, 4) is 0 Å². The number of rotatable bonds is 5. The Labute approximate surface area is 163 Å². The summed E-state index contributed by atoms with van der Waals surface area (Å²) >= 11 is 0. The Kier molecular flexibility index (Phi) is 5.28. The highest BCUT2D eigenvalue weighted by atomic mass is 19.1. The van der Waals surface area contributed by atoms with Gasteiger partial charge in [0.25, 0.3) is 0 Å². The maximum Gasteiger partial charge on any atom is 0.411 e. The standard InChI is InChI=1S/C22H22FNO4/c23-19-12-17-11-18(19)20(21(25)27-13-15-7-3-1-4-8-15)24(17)22(26)28-14-16-9-5-2-6-10-16/h1-10,17-20H,11-14H2. The number of hydrogen-bond donors (Lipinski definition) is 0. The minimum absolute atomic E-state index is 0.0947. The minimum Gasteiger partial charge on any atom is -0.459 e. The number of likely N-dealkylation sites (tertiary alicyclic amines) is 1. The first-order valence-electron chi connectivity index (χ1n) is 9.47. The Hall–Kier alpha value is -2.89. The molecule has 6 heteroatoms.